The van der Waals surface area contributed by atoms with Crippen LogP contribution in [-0.4, -0.2) is 37.0 Å². The molecule has 0 aliphatic carbocycles. The van der Waals surface area contributed by atoms with Gasteiger partial charge in [-0.2, -0.15) is 0 Å². The summed E-state index contributed by atoms with van der Waals surface area (Å²) < 4.78 is 18.7. The minimum Gasteiger partial charge on any atom is -0.494 e. The SMILES string of the molecule is CCc1nc(CNC(=NC)N(C)Cc2ccc(OC)c(F)c2)cs1.I. The number of hydrogen-bond donors (Lipinski definition) is 1. The van der Waals surface area contributed by atoms with Crippen LogP contribution in [-0.2, 0) is 19.5 Å². The molecule has 1 heterocycles. The number of rotatable bonds is 6. The van der Waals surface area contributed by atoms with Gasteiger partial charge in [-0.05, 0) is 24.1 Å². The molecule has 1 aromatic heterocycles. The number of nitrogens with zero attached hydrogens (tertiary/aromatic N) is 3. The van der Waals surface area contributed by atoms with E-state index in [2.05, 4.69) is 27.6 Å². The van der Waals surface area contributed by atoms with Gasteiger partial charge < -0.3 is 15.0 Å². The Labute approximate surface area is 169 Å². The van der Waals surface area contributed by atoms with Gasteiger partial charge in [0.05, 0.1) is 24.4 Å². The van der Waals surface area contributed by atoms with Crippen molar-refractivity contribution in [2.24, 2.45) is 4.99 Å². The van der Waals surface area contributed by atoms with Gasteiger partial charge in [0.1, 0.15) is 0 Å². The number of thiazole rings is 1. The van der Waals surface area contributed by atoms with Crippen molar-refractivity contribution >= 4 is 41.3 Å². The van der Waals surface area contributed by atoms with E-state index in [0.717, 1.165) is 28.6 Å². The number of guanidine groups is 1. The third-order valence-corrected chi connectivity index (χ3v) is 4.58. The molecule has 1 N–H and O–H groups in total. The Hall–Kier alpha value is -1.42. The molecule has 0 radical (unpaired) electrons. The lowest BCUT2D eigenvalue weighted by molar-refractivity contribution is 0.385. The molecule has 8 heteroatoms. The third kappa shape index (κ3) is 6.10. The highest BCUT2D eigenvalue weighted by atomic mass is 127. The van der Waals surface area contributed by atoms with Crippen LogP contribution in [0.1, 0.15) is 23.2 Å². The normalized spacial score (nSPS) is 11.0. The van der Waals surface area contributed by atoms with E-state index < -0.39 is 0 Å². The highest BCUT2D eigenvalue weighted by molar-refractivity contribution is 14.0. The van der Waals surface area contributed by atoms with E-state index in [1.54, 1.807) is 24.5 Å². The summed E-state index contributed by atoms with van der Waals surface area (Å²) in [6.45, 7) is 3.25. The number of halogens is 2. The van der Waals surface area contributed by atoms with Gasteiger partial charge in [0, 0.05) is 26.0 Å². The molecule has 0 bridgehead atoms. The molecule has 138 valence electrons. The second-order valence-electron chi connectivity index (χ2n) is 5.31. The summed E-state index contributed by atoms with van der Waals surface area (Å²) in [5.41, 5.74) is 1.85. The van der Waals surface area contributed by atoms with Gasteiger partial charge in [-0.15, -0.1) is 35.3 Å². The summed E-state index contributed by atoms with van der Waals surface area (Å²) >= 11 is 1.67. The molecule has 5 nitrogen and oxygen atoms in total. The van der Waals surface area contributed by atoms with Crippen molar-refractivity contribution in [1.29, 1.82) is 0 Å². The van der Waals surface area contributed by atoms with Crippen molar-refractivity contribution in [2.45, 2.75) is 26.4 Å². The summed E-state index contributed by atoms with van der Waals surface area (Å²) in [6, 6.07) is 4.96. The van der Waals surface area contributed by atoms with Crippen molar-refractivity contribution < 1.29 is 9.13 Å². The smallest absolute Gasteiger partial charge is 0.194 e. The largest absolute Gasteiger partial charge is 0.494 e. The minimum atomic E-state index is -0.360. The van der Waals surface area contributed by atoms with E-state index in [0.29, 0.717) is 13.1 Å². The fraction of sp³-hybridized carbons (Fsp3) is 0.412. The van der Waals surface area contributed by atoms with Crippen LogP contribution >= 0.6 is 35.3 Å². The first-order valence-electron chi connectivity index (χ1n) is 7.74. The highest BCUT2D eigenvalue weighted by Crippen LogP contribution is 2.18. The van der Waals surface area contributed by atoms with E-state index in [-0.39, 0.29) is 35.5 Å². The second kappa shape index (κ2) is 10.5. The van der Waals surface area contributed by atoms with Gasteiger partial charge in [0.25, 0.3) is 0 Å². The summed E-state index contributed by atoms with van der Waals surface area (Å²) in [4.78, 5) is 10.7. The van der Waals surface area contributed by atoms with Gasteiger partial charge in [0.2, 0.25) is 0 Å². The van der Waals surface area contributed by atoms with Crippen LogP contribution in [0.5, 0.6) is 5.75 Å². The maximum Gasteiger partial charge on any atom is 0.194 e. The summed E-state index contributed by atoms with van der Waals surface area (Å²) in [5, 5.41) is 6.46. The van der Waals surface area contributed by atoms with E-state index >= 15 is 0 Å². The first-order valence-corrected chi connectivity index (χ1v) is 8.62. The molecule has 25 heavy (non-hydrogen) atoms. The van der Waals surface area contributed by atoms with Crippen LogP contribution in [0.4, 0.5) is 4.39 Å². The molecular weight excluding hydrogens is 454 g/mol. The Morgan fingerprint density at radius 3 is 2.76 bits per heavy atom. The van der Waals surface area contributed by atoms with Gasteiger partial charge >= 0.3 is 0 Å². The Morgan fingerprint density at radius 2 is 2.20 bits per heavy atom. The molecule has 0 aliphatic rings. The highest BCUT2D eigenvalue weighted by Gasteiger charge is 2.10. The van der Waals surface area contributed by atoms with E-state index in [9.17, 15) is 4.39 Å². The Balaban J connectivity index is 0.00000312. The van der Waals surface area contributed by atoms with Gasteiger partial charge in [0.15, 0.2) is 17.5 Å². The second-order valence-corrected chi connectivity index (χ2v) is 6.25. The fourth-order valence-electron chi connectivity index (χ4n) is 2.30. The monoisotopic (exact) mass is 478 g/mol. The quantitative estimate of drug-likeness (QED) is 0.391. The summed E-state index contributed by atoms with van der Waals surface area (Å²) in [5.74, 6) is 0.623. The lowest BCUT2D eigenvalue weighted by atomic mass is 10.2. The number of aromatic nitrogens is 1. The van der Waals surface area contributed by atoms with Crippen molar-refractivity contribution in [2.75, 3.05) is 21.2 Å². The maximum absolute atomic E-state index is 13.8. The molecular formula is C17H24FIN4OS. The number of ether oxygens (including phenoxy) is 1. The lowest BCUT2D eigenvalue weighted by Crippen LogP contribution is -2.38. The molecule has 0 aliphatic heterocycles. The van der Waals surface area contributed by atoms with Crippen LogP contribution in [0.15, 0.2) is 28.6 Å². The molecule has 2 rings (SSSR count). The van der Waals surface area contributed by atoms with Crippen LogP contribution in [0.2, 0.25) is 0 Å². The Morgan fingerprint density at radius 1 is 1.44 bits per heavy atom. The van der Waals surface area contributed by atoms with Crippen molar-refractivity contribution in [3.05, 3.63) is 45.7 Å². The predicted molar refractivity (Wildman–Crippen MR) is 112 cm³/mol. The van der Waals surface area contributed by atoms with E-state index in [1.165, 1.54) is 13.2 Å². The van der Waals surface area contributed by atoms with Gasteiger partial charge in [-0.3, -0.25) is 4.99 Å². The van der Waals surface area contributed by atoms with Crippen LogP contribution in [0.25, 0.3) is 0 Å². The molecule has 0 spiro atoms. The fourth-order valence-corrected chi connectivity index (χ4v) is 3.05. The Bertz CT molecular complexity index is 708. The minimum absolute atomic E-state index is 0. The first-order chi connectivity index (χ1) is 11.6. The molecule has 0 atom stereocenters. The molecule has 1 aromatic carbocycles. The average Bonchev–Trinajstić information content (AvgIpc) is 3.03. The molecule has 0 saturated heterocycles. The Kier molecular flexibility index (Phi) is 9.12. The molecule has 0 unspecified atom stereocenters. The summed E-state index contributed by atoms with van der Waals surface area (Å²) in [6.07, 6.45) is 0.947. The van der Waals surface area contributed by atoms with Gasteiger partial charge in [-0.25, -0.2) is 9.37 Å². The van der Waals surface area contributed by atoms with E-state index in [1.807, 2.05) is 18.0 Å². The van der Waals surface area contributed by atoms with Crippen LogP contribution < -0.4 is 10.1 Å². The summed E-state index contributed by atoms with van der Waals surface area (Å²) in [7, 11) is 5.10. The molecule has 0 amide bonds. The lowest BCUT2D eigenvalue weighted by Gasteiger charge is -2.22. The number of benzene rings is 1. The zero-order valence-corrected chi connectivity index (χ0v) is 18.0. The van der Waals surface area contributed by atoms with Crippen molar-refractivity contribution in [3.63, 3.8) is 0 Å². The first kappa shape index (κ1) is 21.6. The third-order valence-electron chi connectivity index (χ3n) is 3.54. The average molecular weight is 478 g/mol. The molecule has 0 fully saturated rings. The zero-order chi connectivity index (χ0) is 17.5. The number of aliphatic imine (C=N–C) groups is 1. The maximum atomic E-state index is 13.8. The number of nitrogens with one attached hydrogen (secondary N) is 1. The van der Waals surface area contributed by atoms with E-state index in [4.69, 9.17) is 4.74 Å². The number of hydrogen-bond acceptors (Lipinski definition) is 4. The molecule has 2 aromatic rings. The van der Waals surface area contributed by atoms with Crippen LogP contribution in [0, 0.1) is 5.82 Å². The van der Waals surface area contributed by atoms with Crippen LogP contribution in [0.3, 0.4) is 0 Å². The number of aryl methyl sites for hydroxylation is 1. The van der Waals surface area contributed by atoms with Crippen molar-refractivity contribution in [3.8, 4) is 5.75 Å². The number of methoxy groups -OCH3 is 1. The standard InChI is InChI=1S/C17H23FN4OS.HI/c1-5-16-21-13(11-24-16)9-20-17(19-2)22(3)10-12-6-7-15(23-4)14(18)8-12;/h6-8,11H,5,9-10H2,1-4H3,(H,19,20);1H. The zero-order valence-electron chi connectivity index (χ0n) is 14.9. The predicted octanol–water partition coefficient (Wildman–Crippen LogP) is 3.68. The van der Waals surface area contributed by atoms with Crippen molar-refractivity contribution in [1.82, 2.24) is 15.2 Å². The topological polar surface area (TPSA) is 49.8 Å². The molecule has 0 saturated carbocycles. The van der Waals surface area contributed by atoms with Gasteiger partial charge in [-0.1, -0.05) is 13.0 Å².